The summed E-state index contributed by atoms with van der Waals surface area (Å²) in [6.07, 6.45) is -9.79. The Hall–Kier alpha value is -4.68. The molecule has 0 radical (unpaired) electrons. The third kappa shape index (κ3) is 17.4. The van der Waals surface area contributed by atoms with Crippen molar-refractivity contribution in [1.29, 1.82) is 0 Å². The second-order valence-electron chi connectivity index (χ2n) is 23.4. The number of esters is 1. The number of methoxy groups -OCH3 is 2. The van der Waals surface area contributed by atoms with E-state index in [1.54, 1.807) is 72.9 Å². The average Bonchev–Trinajstić information content (AvgIpc) is 3.41. The highest BCUT2D eigenvalue weighted by Crippen LogP contribution is 2.41. The van der Waals surface area contributed by atoms with Crippen molar-refractivity contribution in [1.82, 2.24) is 25.8 Å². The van der Waals surface area contributed by atoms with E-state index in [2.05, 4.69) is 16.0 Å². The first-order chi connectivity index (χ1) is 37.7. The predicted molar refractivity (Wildman–Crippen MR) is 299 cm³/mol. The molecular formula is C59H95N5O16. The minimum Gasteiger partial charge on any atom is -0.497 e. The molecule has 3 aliphatic heterocycles. The van der Waals surface area contributed by atoms with Gasteiger partial charge in [-0.25, -0.2) is 9.59 Å². The maximum Gasteiger partial charge on any atom is 0.407 e. The Labute approximate surface area is 474 Å². The number of likely N-dealkylation sites (N-methyl/N-ethyl adjacent to an activating group) is 2. The van der Waals surface area contributed by atoms with Crippen molar-refractivity contribution in [3.8, 4) is 5.75 Å². The molecule has 3 heterocycles. The van der Waals surface area contributed by atoms with Crippen LogP contribution in [0.1, 0.15) is 124 Å². The van der Waals surface area contributed by atoms with E-state index < -0.39 is 108 Å². The lowest BCUT2D eigenvalue weighted by molar-refractivity contribution is -0.317. The number of carbonyl (C=O) groups is 4. The van der Waals surface area contributed by atoms with Crippen LogP contribution in [0.5, 0.6) is 5.75 Å². The van der Waals surface area contributed by atoms with Gasteiger partial charge in [0.15, 0.2) is 24.8 Å². The van der Waals surface area contributed by atoms with Gasteiger partial charge in [-0.2, -0.15) is 0 Å². The minimum absolute atomic E-state index is 0.0119. The summed E-state index contributed by atoms with van der Waals surface area (Å²) in [5.74, 6) is -2.63. The number of amides is 3. The number of hydrogen-bond donors (Lipinski definition) is 6. The van der Waals surface area contributed by atoms with Gasteiger partial charge >= 0.3 is 18.2 Å². The summed E-state index contributed by atoms with van der Waals surface area (Å²) in [4.78, 5) is 58.4. The van der Waals surface area contributed by atoms with Crippen LogP contribution in [-0.2, 0) is 49.2 Å². The van der Waals surface area contributed by atoms with Crippen LogP contribution in [0.15, 0.2) is 54.6 Å². The van der Waals surface area contributed by atoms with Crippen LogP contribution < -0.4 is 20.7 Å². The smallest absolute Gasteiger partial charge is 0.407 e. The molecule has 0 aliphatic carbocycles. The number of rotatable bonds is 18. The predicted octanol–water partition coefficient (Wildman–Crippen LogP) is 5.79. The zero-order valence-electron chi connectivity index (χ0n) is 50.0. The molecule has 3 saturated heterocycles. The third-order valence-electron chi connectivity index (χ3n) is 16.4. The number of nitrogens with one attached hydrogen (secondary N) is 3. The van der Waals surface area contributed by atoms with Gasteiger partial charge in [0.2, 0.25) is 0 Å². The van der Waals surface area contributed by atoms with Crippen LogP contribution >= 0.6 is 0 Å². The largest absolute Gasteiger partial charge is 0.497 e. The number of carbonyl (C=O) groups excluding carboxylic acids is 4. The van der Waals surface area contributed by atoms with Crippen molar-refractivity contribution in [2.24, 2.45) is 17.8 Å². The van der Waals surface area contributed by atoms with Gasteiger partial charge in [0.1, 0.15) is 29.2 Å². The molecule has 80 heavy (non-hydrogen) atoms. The monoisotopic (exact) mass is 1130 g/mol. The second kappa shape index (κ2) is 29.5. The van der Waals surface area contributed by atoms with Gasteiger partial charge in [0, 0.05) is 63.3 Å². The lowest BCUT2D eigenvalue weighted by Crippen LogP contribution is -2.61. The Bertz CT molecular complexity index is 2260. The molecule has 0 aromatic heterocycles. The van der Waals surface area contributed by atoms with E-state index >= 15 is 0 Å². The molecule has 452 valence electrons. The Morgan fingerprint density at radius 3 is 2.05 bits per heavy atom. The maximum absolute atomic E-state index is 15.0. The van der Waals surface area contributed by atoms with E-state index in [1.165, 1.54) is 14.0 Å². The number of nitrogens with zero attached hydrogens (tertiary/aromatic N) is 2. The molecule has 6 N–H and O–H groups in total. The lowest BCUT2D eigenvalue weighted by atomic mass is 9.77. The molecule has 21 heteroatoms. The summed E-state index contributed by atoms with van der Waals surface area (Å²) in [5, 5.41) is 45.9. The first-order valence-corrected chi connectivity index (χ1v) is 28.4. The SMILES string of the molecule is CC[C@H]1OC(=O)[C@H](C)[C@@H](O[C@H]2C[C@@](C)(OC)[C@@H](OC(=O)NCCCCNC(=O)c3ccc(OC)cc3)[C@H](C)O2)[C@H](C)[C@@H](O[C@@H]2O[C@H](C)C[C@H](N(C)C)[C@H]2O)[C@](C)(O)C[C@@H](C)CN(C)[C@H](C)[C@@H](OC(=O)NCc2ccccc2)[C@]1(C)O. The highest BCUT2D eigenvalue weighted by Gasteiger charge is 2.54. The van der Waals surface area contributed by atoms with E-state index in [4.69, 9.17) is 42.6 Å². The number of ether oxygens (including phenoxy) is 9. The molecule has 0 unspecified atom stereocenters. The molecule has 5 rings (SSSR count). The molecule has 2 aromatic carbocycles. The fourth-order valence-corrected chi connectivity index (χ4v) is 11.7. The molecule has 3 aliphatic rings. The van der Waals surface area contributed by atoms with Crippen LogP contribution in [0.2, 0.25) is 0 Å². The lowest BCUT2D eigenvalue weighted by Gasteiger charge is -2.49. The molecule has 18 atom stereocenters. The first kappa shape index (κ1) is 66.1. The average molecular weight is 1130 g/mol. The summed E-state index contributed by atoms with van der Waals surface area (Å²) in [7, 11) is 8.63. The highest BCUT2D eigenvalue weighted by molar-refractivity contribution is 5.94. The summed E-state index contributed by atoms with van der Waals surface area (Å²) < 4.78 is 56.5. The molecule has 21 nitrogen and oxygen atoms in total. The summed E-state index contributed by atoms with van der Waals surface area (Å²) >= 11 is 0. The van der Waals surface area contributed by atoms with Crippen LogP contribution in [0, 0.1) is 17.8 Å². The van der Waals surface area contributed by atoms with Crippen LogP contribution in [-0.4, -0.2) is 194 Å². The molecule has 2 aromatic rings. The number of benzene rings is 2. The number of unbranched alkanes of at least 4 members (excludes halogenated alkanes) is 1. The Morgan fingerprint density at radius 2 is 1.44 bits per heavy atom. The van der Waals surface area contributed by atoms with Gasteiger partial charge in [-0.15, -0.1) is 0 Å². The standard InChI is InChI=1S/C59H95N5O16/c1-16-45-59(10,71)50(79-56(69)62-33-41-22-18-17-19-23-41)39(6)64(13)34-35(2)31-57(8,70)49(78-54-47(65)44(63(11)12)30-36(3)74-54)37(4)48(38(5)53(67)76-45)77-46-32-58(9,73-15)51(40(7)75-46)80-55(68)61-29-21-20-28-60-52(66)42-24-26-43(72-14)27-25-42/h17-19,22-27,35-40,44-51,54,65,70-71H,16,20-21,28-34H2,1-15H3,(H,60,66)(H,61,68)(H,62,69)/t35-,36-,37+,38-,39-,40+,44+,45-,46+,47-,48+,49-,50-,51+,54+,57-,58-,59-/m1/s1. The Morgan fingerprint density at radius 1 is 0.812 bits per heavy atom. The van der Waals surface area contributed by atoms with E-state index in [9.17, 15) is 34.5 Å². The number of hydrogen-bond acceptors (Lipinski definition) is 18. The van der Waals surface area contributed by atoms with E-state index in [1.807, 2.05) is 82.0 Å². The van der Waals surface area contributed by atoms with Crippen molar-refractivity contribution in [2.75, 3.05) is 55.0 Å². The van der Waals surface area contributed by atoms with Gasteiger partial charge in [0.05, 0.1) is 43.0 Å². The number of aliphatic hydroxyl groups excluding tert-OH is 1. The van der Waals surface area contributed by atoms with Gasteiger partial charge < -0.3 is 78.8 Å². The van der Waals surface area contributed by atoms with Crippen LogP contribution in [0.3, 0.4) is 0 Å². The highest BCUT2D eigenvalue weighted by atomic mass is 16.7. The van der Waals surface area contributed by atoms with Crippen LogP contribution in [0.4, 0.5) is 9.59 Å². The zero-order chi connectivity index (χ0) is 59.3. The van der Waals surface area contributed by atoms with Crippen molar-refractivity contribution in [3.05, 3.63) is 65.7 Å². The fourth-order valence-electron chi connectivity index (χ4n) is 11.7. The Kier molecular flexibility index (Phi) is 24.4. The van der Waals surface area contributed by atoms with Crippen molar-refractivity contribution >= 4 is 24.1 Å². The molecule has 3 fully saturated rings. The third-order valence-corrected chi connectivity index (χ3v) is 16.4. The molecule has 0 spiro atoms. The molecule has 0 saturated carbocycles. The summed E-state index contributed by atoms with van der Waals surface area (Å²) in [6.45, 7) is 18.7. The maximum atomic E-state index is 15.0. The second-order valence-corrected chi connectivity index (χ2v) is 23.4. The molecule has 3 amide bonds. The Balaban J connectivity index is 1.42. The van der Waals surface area contributed by atoms with Gasteiger partial charge in [-0.1, -0.05) is 51.1 Å². The normalized spacial score (nSPS) is 35.9. The molecule has 0 bridgehead atoms. The van der Waals surface area contributed by atoms with Crippen LogP contribution in [0.25, 0.3) is 0 Å². The zero-order valence-corrected chi connectivity index (χ0v) is 50.0. The van der Waals surface area contributed by atoms with Gasteiger partial charge in [0.25, 0.3) is 5.91 Å². The first-order valence-electron chi connectivity index (χ1n) is 28.4. The quantitative estimate of drug-likeness (QED) is 0.0587. The summed E-state index contributed by atoms with van der Waals surface area (Å²) in [5.41, 5.74) is -3.47. The van der Waals surface area contributed by atoms with Crippen molar-refractivity contribution in [2.45, 2.75) is 205 Å². The van der Waals surface area contributed by atoms with Crippen molar-refractivity contribution < 1.29 is 77.1 Å². The van der Waals surface area contributed by atoms with E-state index in [-0.39, 0.29) is 56.3 Å². The van der Waals surface area contributed by atoms with Crippen molar-refractivity contribution in [3.63, 3.8) is 0 Å². The summed E-state index contributed by atoms with van der Waals surface area (Å²) in [6, 6.07) is 15.1. The fraction of sp³-hybridized carbons (Fsp3) is 0.729. The number of alkyl carbamates (subject to hydrolysis) is 2. The molecular weight excluding hydrogens is 1030 g/mol. The van der Waals surface area contributed by atoms with E-state index in [0.29, 0.717) is 43.7 Å². The van der Waals surface area contributed by atoms with E-state index in [0.717, 1.165) is 5.56 Å². The topological polar surface area (TPSA) is 255 Å². The van der Waals surface area contributed by atoms with Gasteiger partial charge in [-0.3, -0.25) is 14.5 Å². The van der Waals surface area contributed by atoms with Gasteiger partial charge in [-0.05, 0) is 137 Å². The number of aliphatic hydroxyl groups is 3. The minimum atomic E-state index is -1.95. The number of cyclic esters (lactones) is 1.